The molecule has 1 rings (SSSR count). The molecule has 0 heterocycles. The zero-order valence-corrected chi connectivity index (χ0v) is 10.8. The number of amides is 1. The maximum absolute atomic E-state index is 11.5. The fraction of sp³-hybridized carbons (Fsp3) is 0.417. The molecule has 88 valence electrons. The van der Waals surface area contributed by atoms with E-state index in [0.717, 1.165) is 22.6 Å². The lowest BCUT2D eigenvalue weighted by Gasteiger charge is -2.20. The van der Waals surface area contributed by atoms with Gasteiger partial charge in [-0.1, -0.05) is 0 Å². The normalized spacial score (nSPS) is 10.1. The van der Waals surface area contributed by atoms with Crippen LogP contribution < -0.4 is 9.64 Å². The van der Waals surface area contributed by atoms with E-state index < -0.39 is 0 Å². The van der Waals surface area contributed by atoms with Crippen molar-refractivity contribution in [2.75, 3.05) is 24.9 Å². The Bertz CT molecular complexity index is 404. The molecule has 3 nitrogen and oxygen atoms in total. The highest BCUT2D eigenvalue weighted by molar-refractivity contribution is 6.29. The largest absolute Gasteiger partial charge is 0.496 e. The van der Waals surface area contributed by atoms with Crippen molar-refractivity contribution in [1.29, 1.82) is 0 Å². The summed E-state index contributed by atoms with van der Waals surface area (Å²) in [6.07, 6.45) is 0. The topological polar surface area (TPSA) is 29.5 Å². The first kappa shape index (κ1) is 12.8. The molecule has 4 heteroatoms. The highest BCUT2D eigenvalue weighted by Gasteiger charge is 2.14. The summed E-state index contributed by atoms with van der Waals surface area (Å²) in [5.41, 5.74) is 2.93. The second-order valence-electron chi connectivity index (χ2n) is 3.62. The van der Waals surface area contributed by atoms with E-state index in [1.807, 2.05) is 26.0 Å². The van der Waals surface area contributed by atoms with Gasteiger partial charge in [-0.3, -0.25) is 4.79 Å². The number of carbonyl (C=O) groups is 1. The fourth-order valence-electron chi connectivity index (χ4n) is 1.59. The van der Waals surface area contributed by atoms with E-state index in [1.165, 1.54) is 0 Å². The Balaban J connectivity index is 3.17. The van der Waals surface area contributed by atoms with Gasteiger partial charge >= 0.3 is 0 Å². The van der Waals surface area contributed by atoms with Crippen molar-refractivity contribution < 1.29 is 9.53 Å². The van der Waals surface area contributed by atoms with Crippen LogP contribution in [0.5, 0.6) is 5.75 Å². The molecule has 0 aliphatic rings. The van der Waals surface area contributed by atoms with Gasteiger partial charge < -0.3 is 9.64 Å². The lowest BCUT2D eigenvalue weighted by atomic mass is 10.1. The Labute approximate surface area is 101 Å². The molecule has 1 aromatic rings. The average Bonchev–Trinajstić information content (AvgIpc) is 2.30. The van der Waals surface area contributed by atoms with Gasteiger partial charge in [0.25, 0.3) is 0 Å². The molecule has 0 saturated heterocycles. The van der Waals surface area contributed by atoms with Crippen molar-refractivity contribution in [2.45, 2.75) is 13.8 Å². The van der Waals surface area contributed by atoms with E-state index in [4.69, 9.17) is 16.3 Å². The second kappa shape index (κ2) is 5.21. The lowest BCUT2D eigenvalue weighted by Crippen LogP contribution is -2.28. The van der Waals surface area contributed by atoms with Crippen LogP contribution in [0, 0.1) is 13.8 Å². The monoisotopic (exact) mass is 241 g/mol. The summed E-state index contributed by atoms with van der Waals surface area (Å²) >= 11 is 5.53. The summed E-state index contributed by atoms with van der Waals surface area (Å²) in [5.74, 6) is 0.698. The predicted octanol–water partition coefficient (Wildman–Crippen LogP) is 2.51. The van der Waals surface area contributed by atoms with Gasteiger partial charge in [0.15, 0.2) is 0 Å². The Morgan fingerprint density at radius 1 is 1.38 bits per heavy atom. The molecule has 0 bridgehead atoms. The second-order valence-corrected chi connectivity index (χ2v) is 3.89. The van der Waals surface area contributed by atoms with Crippen molar-refractivity contribution >= 4 is 23.2 Å². The molecule has 0 saturated carbocycles. The van der Waals surface area contributed by atoms with Crippen molar-refractivity contribution in [1.82, 2.24) is 0 Å². The molecule has 0 N–H and O–H groups in total. The summed E-state index contributed by atoms with van der Waals surface area (Å²) in [4.78, 5) is 13.1. The molecule has 0 radical (unpaired) electrons. The molecule has 16 heavy (non-hydrogen) atoms. The summed E-state index contributed by atoms with van der Waals surface area (Å²) in [6.45, 7) is 3.93. The maximum Gasteiger partial charge on any atom is 0.241 e. The van der Waals surface area contributed by atoms with E-state index in [2.05, 4.69) is 0 Å². The number of hydrogen-bond acceptors (Lipinski definition) is 2. The summed E-state index contributed by atoms with van der Waals surface area (Å²) in [6, 6.07) is 3.72. The van der Waals surface area contributed by atoms with Gasteiger partial charge in [0, 0.05) is 12.7 Å². The average molecular weight is 242 g/mol. The molecule has 0 spiro atoms. The first-order chi connectivity index (χ1) is 7.52. The molecule has 0 aliphatic heterocycles. The third-order valence-corrected chi connectivity index (χ3v) is 3.01. The molecule has 0 unspecified atom stereocenters. The van der Waals surface area contributed by atoms with Crippen LogP contribution in [-0.4, -0.2) is 25.9 Å². The van der Waals surface area contributed by atoms with Crippen LogP contribution in [0.1, 0.15) is 11.1 Å². The number of alkyl halides is 1. The molecule has 0 fully saturated rings. The number of nitrogens with zero attached hydrogens (tertiary/aromatic N) is 1. The van der Waals surface area contributed by atoms with Gasteiger partial charge in [0.05, 0.1) is 7.11 Å². The van der Waals surface area contributed by atoms with Crippen molar-refractivity contribution in [3.63, 3.8) is 0 Å². The summed E-state index contributed by atoms with van der Waals surface area (Å²) in [5, 5.41) is 0. The fourth-order valence-corrected chi connectivity index (χ4v) is 1.77. The smallest absolute Gasteiger partial charge is 0.241 e. The van der Waals surface area contributed by atoms with E-state index in [1.54, 1.807) is 19.1 Å². The number of methoxy groups -OCH3 is 1. The number of ether oxygens (including phenoxy) is 1. The Morgan fingerprint density at radius 3 is 2.50 bits per heavy atom. The van der Waals surface area contributed by atoms with E-state index in [0.29, 0.717) is 0 Å². The van der Waals surface area contributed by atoms with Crippen LogP contribution >= 0.6 is 11.6 Å². The van der Waals surface area contributed by atoms with Gasteiger partial charge in [-0.15, -0.1) is 11.6 Å². The van der Waals surface area contributed by atoms with Gasteiger partial charge in [0.2, 0.25) is 5.91 Å². The van der Waals surface area contributed by atoms with Crippen LogP contribution in [-0.2, 0) is 4.79 Å². The lowest BCUT2D eigenvalue weighted by molar-refractivity contribution is -0.116. The van der Waals surface area contributed by atoms with Crippen molar-refractivity contribution in [3.05, 3.63) is 23.3 Å². The third kappa shape index (κ3) is 2.30. The highest BCUT2D eigenvalue weighted by Crippen LogP contribution is 2.29. The minimum Gasteiger partial charge on any atom is -0.496 e. The van der Waals surface area contributed by atoms with Crippen LogP contribution in [0.25, 0.3) is 0 Å². The van der Waals surface area contributed by atoms with Crippen molar-refractivity contribution in [3.8, 4) is 5.75 Å². The minimum absolute atomic E-state index is 0.0129. The van der Waals surface area contributed by atoms with Crippen LogP contribution in [0.2, 0.25) is 0 Å². The van der Waals surface area contributed by atoms with E-state index in [9.17, 15) is 4.79 Å². The standard InChI is InChI=1S/C12H16ClNO2/c1-8-9(2)11(16-4)6-5-10(8)14(3)12(15)7-13/h5-6H,7H2,1-4H3. The molecule has 0 aromatic heterocycles. The van der Waals surface area contributed by atoms with Gasteiger partial charge in [0.1, 0.15) is 11.6 Å². The Hall–Kier alpha value is -1.22. The van der Waals surface area contributed by atoms with Crippen LogP contribution in [0.3, 0.4) is 0 Å². The zero-order chi connectivity index (χ0) is 12.3. The van der Waals surface area contributed by atoms with Gasteiger partial charge in [-0.25, -0.2) is 0 Å². The molecular formula is C12H16ClNO2. The number of halogens is 1. The van der Waals surface area contributed by atoms with E-state index in [-0.39, 0.29) is 11.8 Å². The molecule has 0 atom stereocenters. The summed E-state index contributed by atoms with van der Waals surface area (Å²) < 4.78 is 5.22. The Morgan fingerprint density at radius 2 is 2.00 bits per heavy atom. The number of rotatable bonds is 3. The first-order valence-corrected chi connectivity index (χ1v) is 5.53. The van der Waals surface area contributed by atoms with Crippen molar-refractivity contribution in [2.24, 2.45) is 0 Å². The molecule has 1 amide bonds. The number of benzene rings is 1. The van der Waals surface area contributed by atoms with Crippen LogP contribution in [0.4, 0.5) is 5.69 Å². The Kier molecular flexibility index (Phi) is 4.19. The quantitative estimate of drug-likeness (QED) is 0.761. The molecule has 1 aromatic carbocycles. The first-order valence-electron chi connectivity index (χ1n) is 4.99. The number of carbonyl (C=O) groups excluding carboxylic acids is 1. The SMILES string of the molecule is COc1ccc(N(C)C(=O)CCl)c(C)c1C. The molecular weight excluding hydrogens is 226 g/mol. The van der Waals surface area contributed by atoms with Gasteiger partial charge in [-0.2, -0.15) is 0 Å². The number of anilines is 1. The maximum atomic E-state index is 11.5. The predicted molar refractivity (Wildman–Crippen MR) is 66.6 cm³/mol. The van der Waals surface area contributed by atoms with E-state index >= 15 is 0 Å². The summed E-state index contributed by atoms with van der Waals surface area (Å²) in [7, 11) is 3.36. The van der Waals surface area contributed by atoms with Gasteiger partial charge in [-0.05, 0) is 37.1 Å². The number of hydrogen-bond donors (Lipinski definition) is 0. The molecule has 0 aliphatic carbocycles. The zero-order valence-electron chi connectivity index (χ0n) is 10.0. The minimum atomic E-state index is -0.116. The third-order valence-electron chi connectivity index (χ3n) is 2.78. The highest BCUT2D eigenvalue weighted by atomic mass is 35.5. The van der Waals surface area contributed by atoms with Crippen LogP contribution in [0.15, 0.2) is 12.1 Å².